The van der Waals surface area contributed by atoms with E-state index in [0.717, 1.165) is 38.9 Å². The number of aliphatic hydroxyl groups is 1. The van der Waals surface area contributed by atoms with Gasteiger partial charge in [-0.15, -0.1) is 5.10 Å². The Labute approximate surface area is 145 Å². The molecule has 2 N–H and O–H groups in total. The third-order valence-corrected chi connectivity index (χ3v) is 4.78. The molecular formula is C19H21N3O3. The van der Waals surface area contributed by atoms with Crippen LogP contribution in [0.5, 0.6) is 0 Å². The van der Waals surface area contributed by atoms with Crippen LogP contribution in [0.1, 0.15) is 40.2 Å². The second-order valence-corrected chi connectivity index (χ2v) is 6.36. The smallest absolute Gasteiger partial charge is 0.304 e. The molecule has 0 bridgehead atoms. The zero-order valence-corrected chi connectivity index (χ0v) is 14.5. The fourth-order valence-electron chi connectivity index (χ4n) is 3.29. The monoisotopic (exact) mass is 339 g/mol. The van der Waals surface area contributed by atoms with Crippen molar-refractivity contribution in [2.24, 2.45) is 7.05 Å². The van der Waals surface area contributed by atoms with E-state index in [9.17, 15) is 15.0 Å². The minimum atomic E-state index is -0.866. The maximum Gasteiger partial charge on any atom is 0.304 e. The number of aryl methyl sites for hydroxylation is 3. The Balaban J connectivity index is 2.16. The van der Waals surface area contributed by atoms with Crippen LogP contribution in [0.3, 0.4) is 0 Å². The molecule has 1 atom stereocenters. The Morgan fingerprint density at radius 3 is 2.68 bits per heavy atom. The summed E-state index contributed by atoms with van der Waals surface area (Å²) in [6.45, 7) is 3.81. The van der Waals surface area contributed by atoms with Crippen LogP contribution < -0.4 is 0 Å². The van der Waals surface area contributed by atoms with E-state index in [0.29, 0.717) is 0 Å². The van der Waals surface area contributed by atoms with Crippen LogP contribution in [0.25, 0.3) is 11.0 Å². The molecule has 0 fully saturated rings. The van der Waals surface area contributed by atoms with E-state index >= 15 is 0 Å². The Bertz CT molecular complexity index is 946. The summed E-state index contributed by atoms with van der Waals surface area (Å²) in [7, 11) is 1.83. The summed E-state index contributed by atoms with van der Waals surface area (Å²) in [6.07, 6.45) is -0.0272. The molecule has 0 aliphatic heterocycles. The summed E-state index contributed by atoms with van der Waals surface area (Å²) < 4.78 is 1.70. The van der Waals surface area contributed by atoms with E-state index in [1.807, 2.05) is 51.2 Å². The number of carboxylic acid groups (broad SMARTS) is 1. The topological polar surface area (TPSA) is 88.2 Å². The second kappa shape index (κ2) is 6.64. The van der Waals surface area contributed by atoms with E-state index in [-0.39, 0.29) is 18.9 Å². The van der Waals surface area contributed by atoms with Crippen molar-refractivity contribution in [1.29, 1.82) is 0 Å². The van der Waals surface area contributed by atoms with Gasteiger partial charge >= 0.3 is 5.97 Å². The molecule has 0 spiro atoms. The lowest BCUT2D eigenvalue weighted by Crippen LogP contribution is -2.10. The van der Waals surface area contributed by atoms with Crippen LogP contribution in [0.2, 0.25) is 0 Å². The first-order valence-corrected chi connectivity index (χ1v) is 8.13. The van der Waals surface area contributed by atoms with Crippen LogP contribution in [-0.4, -0.2) is 31.2 Å². The molecule has 1 heterocycles. The van der Waals surface area contributed by atoms with Crippen molar-refractivity contribution in [3.8, 4) is 0 Å². The number of aromatic nitrogens is 3. The Kier molecular flexibility index (Phi) is 4.55. The second-order valence-electron chi connectivity index (χ2n) is 6.36. The standard InChI is InChI=1S/C19H21N3O3/c1-11-4-5-13(8-14(11)10-23)16(9-18(24)25)15-6-7-17-19(12(15)2)20-21-22(17)3/h4-8,16,23H,9-10H2,1-3H3,(H,24,25)/t16-/m1/s1. The number of fused-ring (bicyclic) bond motifs is 1. The van der Waals surface area contributed by atoms with Gasteiger partial charge < -0.3 is 10.2 Å². The van der Waals surface area contributed by atoms with Gasteiger partial charge in [0.2, 0.25) is 0 Å². The molecule has 0 saturated carbocycles. The Morgan fingerprint density at radius 2 is 2.00 bits per heavy atom. The molecule has 3 rings (SSSR count). The summed E-state index contributed by atoms with van der Waals surface area (Å²) in [6, 6.07) is 9.62. The maximum absolute atomic E-state index is 11.5. The number of rotatable bonds is 5. The predicted molar refractivity (Wildman–Crippen MR) is 94.4 cm³/mol. The molecule has 6 heteroatoms. The molecule has 0 amide bonds. The first-order valence-electron chi connectivity index (χ1n) is 8.13. The van der Waals surface area contributed by atoms with Gasteiger partial charge in [0.1, 0.15) is 5.52 Å². The highest BCUT2D eigenvalue weighted by Gasteiger charge is 2.22. The summed E-state index contributed by atoms with van der Waals surface area (Å²) in [4.78, 5) is 11.5. The largest absolute Gasteiger partial charge is 0.481 e. The molecule has 3 aromatic rings. The molecule has 0 aliphatic rings. The van der Waals surface area contributed by atoms with Gasteiger partial charge in [0.05, 0.1) is 18.5 Å². The molecule has 0 saturated heterocycles. The number of hydrogen-bond acceptors (Lipinski definition) is 4. The molecule has 0 radical (unpaired) electrons. The number of benzene rings is 2. The number of hydrogen-bond donors (Lipinski definition) is 2. The highest BCUT2D eigenvalue weighted by Crippen LogP contribution is 2.34. The number of carbonyl (C=O) groups is 1. The molecule has 0 unspecified atom stereocenters. The first kappa shape index (κ1) is 17.1. The van der Waals surface area contributed by atoms with Gasteiger partial charge in [-0.05, 0) is 47.7 Å². The van der Waals surface area contributed by atoms with Crippen molar-refractivity contribution in [1.82, 2.24) is 15.0 Å². The Morgan fingerprint density at radius 1 is 1.24 bits per heavy atom. The number of aliphatic hydroxyl groups excluding tert-OH is 1. The number of nitrogens with zero attached hydrogens (tertiary/aromatic N) is 3. The van der Waals surface area contributed by atoms with Gasteiger partial charge in [-0.3, -0.25) is 4.79 Å². The first-order chi connectivity index (χ1) is 11.9. The predicted octanol–water partition coefficient (Wildman–Crippen LogP) is 2.68. The van der Waals surface area contributed by atoms with Gasteiger partial charge in [0.25, 0.3) is 0 Å². The zero-order chi connectivity index (χ0) is 18.1. The Hall–Kier alpha value is -2.73. The van der Waals surface area contributed by atoms with Gasteiger partial charge in [-0.2, -0.15) is 0 Å². The minimum Gasteiger partial charge on any atom is -0.481 e. The van der Waals surface area contributed by atoms with Gasteiger partial charge in [0, 0.05) is 13.0 Å². The fraction of sp³-hybridized carbons (Fsp3) is 0.316. The molecule has 0 aliphatic carbocycles. The molecule has 6 nitrogen and oxygen atoms in total. The highest BCUT2D eigenvalue weighted by molar-refractivity contribution is 5.80. The SMILES string of the molecule is Cc1ccc([C@@H](CC(=O)O)c2ccc3c(nnn3C)c2C)cc1CO. The molecule has 2 aromatic carbocycles. The van der Waals surface area contributed by atoms with Gasteiger partial charge in [-0.1, -0.05) is 29.5 Å². The highest BCUT2D eigenvalue weighted by atomic mass is 16.4. The van der Waals surface area contributed by atoms with Crippen molar-refractivity contribution >= 4 is 17.0 Å². The lowest BCUT2D eigenvalue weighted by molar-refractivity contribution is -0.137. The summed E-state index contributed by atoms with van der Waals surface area (Å²) >= 11 is 0. The van der Waals surface area contributed by atoms with E-state index in [1.165, 1.54) is 0 Å². The summed E-state index contributed by atoms with van der Waals surface area (Å²) in [5, 5.41) is 27.2. The van der Waals surface area contributed by atoms with Crippen molar-refractivity contribution in [3.05, 3.63) is 58.1 Å². The van der Waals surface area contributed by atoms with Crippen LogP contribution >= 0.6 is 0 Å². The van der Waals surface area contributed by atoms with Crippen molar-refractivity contribution in [2.45, 2.75) is 32.8 Å². The molecule has 130 valence electrons. The van der Waals surface area contributed by atoms with Crippen LogP contribution in [0.4, 0.5) is 0 Å². The lowest BCUT2D eigenvalue weighted by atomic mass is 9.84. The zero-order valence-electron chi connectivity index (χ0n) is 14.5. The van der Waals surface area contributed by atoms with E-state index < -0.39 is 5.97 Å². The van der Waals surface area contributed by atoms with E-state index in [2.05, 4.69) is 10.3 Å². The van der Waals surface area contributed by atoms with Crippen LogP contribution in [0, 0.1) is 13.8 Å². The van der Waals surface area contributed by atoms with Crippen LogP contribution in [-0.2, 0) is 18.4 Å². The van der Waals surface area contributed by atoms with Crippen molar-refractivity contribution in [3.63, 3.8) is 0 Å². The average molecular weight is 339 g/mol. The minimum absolute atomic E-state index is 0.0272. The van der Waals surface area contributed by atoms with Gasteiger partial charge in [0.15, 0.2) is 0 Å². The summed E-state index contributed by atoms with van der Waals surface area (Å²) in [5.74, 6) is -1.18. The summed E-state index contributed by atoms with van der Waals surface area (Å²) in [5.41, 5.74) is 6.22. The van der Waals surface area contributed by atoms with E-state index in [1.54, 1.807) is 4.68 Å². The third-order valence-electron chi connectivity index (χ3n) is 4.78. The van der Waals surface area contributed by atoms with Crippen LogP contribution in [0.15, 0.2) is 30.3 Å². The third kappa shape index (κ3) is 3.13. The average Bonchev–Trinajstić information content (AvgIpc) is 2.96. The van der Waals surface area contributed by atoms with Crippen molar-refractivity contribution in [2.75, 3.05) is 0 Å². The fourth-order valence-corrected chi connectivity index (χ4v) is 3.29. The molecule has 25 heavy (non-hydrogen) atoms. The number of carboxylic acids is 1. The molecule has 1 aromatic heterocycles. The maximum atomic E-state index is 11.5. The molecular weight excluding hydrogens is 318 g/mol. The lowest BCUT2D eigenvalue weighted by Gasteiger charge is -2.20. The van der Waals surface area contributed by atoms with E-state index in [4.69, 9.17) is 0 Å². The normalized spacial score (nSPS) is 12.5. The van der Waals surface area contributed by atoms with Crippen molar-refractivity contribution < 1.29 is 15.0 Å². The number of aliphatic carboxylic acids is 1. The van der Waals surface area contributed by atoms with Gasteiger partial charge in [-0.25, -0.2) is 4.68 Å². The quantitative estimate of drug-likeness (QED) is 0.746.